The standard InChI is InChI=1S/C17H15BrN2O4/c1-9-14-12(21)3-2-4-13(14)24-15(9)17(23)20-19-16(22)10-5-7-11(18)8-6-10/h5-8H,2-4H2,1H3,(H,19,22)(H,20,23). The lowest BCUT2D eigenvalue weighted by Gasteiger charge is -2.07. The molecule has 1 aliphatic rings. The number of benzene rings is 1. The molecule has 2 amide bonds. The summed E-state index contributed by atoms with van der Waals surface area (Å²) < 4.78 is 6.38. The number of fused-ring (bicyclic) bond motifs is 1. The second kappa shape index (κ2) is 6.60. The fourth-order valence-corrected chi connectivity index (χ4v) is 2.97. The molecule has 0 aliphatic heterocycles. The first-order valence-corrected chi connectivity index (χ1v) is 8.28. The van der Waals surface area contributed by atoms with Gasteiger partial charge in [-0.15, -0.1) is 0 Å². The molecular weight excluding hydrogens is 376 g/mol. The Morgan fingerprint density at radius 2 is 1.75 bits per heavy atom. The van der Waals surface area contributed by atoms with Crippen molar-refractivity contribution in [3.63, 3.8) is 0 Å². The van der Waals surface area contributed by atoms with Crippen molar-refractivity contribution in [1.82, 2.24) is 10.9 Å². The van der Waals surface area contributed by atoms with Crippen molar-refractivity contribution in [3.8, 4) is 0 Å². The van der Waals surface area contributed by atoms with Crippen LogP contribution in [0.1, 0.15) is 55.4 Å². The molecule has 0 radical (unpaired) electrons. The number of ketones is 1. The van der Waals surface area contributed by atoms with E-state index in [2.05, 4.69) is 26.8 Å². The Kier molecular flexibility index (Phi) is 4.53. The summed E-state index contributed by atoms with van der Waals surface area (Å²) in [5, 5.41) is 0. The molecule has 124 valence electrons. The Balaban J connectivity index is 1.71. The van der Waals surface area contributed by atoms with Gasteiger partial charge in [-0.25, -0.2) is 0 Å². The summed E-state index contributed by atoms with van der Waals surface area (Å²) in [5.41, 5.74) is 6.09. The Hall–Kier alpha value is -2.41. The van der Waals surface area contributed by atoms with E-state index in [9.17, 15) is 14.4 Å². The molecule has 0 spiro atoms. The van der Waals surface area contributed by atoms with Gasteiger partial charge in [0, 0.05) is 28.4 Å². The second-order valence-electron chi connectivity index (χ2n) is 5.55. The molecule has 0 saturated heterocycles. The molecule has 6 nitrogen and oxygen atoms in total. The minimum Gasteiger partial charge on any atom is -0.455 e. The van der Waals surface area contributed by atoms with Crippen LogP contribution in [-0.4, -0.2) is 17.6 Å². The number of carbonyl (C=O) groups is 3. The van der Waals surface area contributed by atoms with Gasteiger partial charge in [0.1, 0.15) is 5.76 Å². The molecule has 0 unspecified atom stereocenters. The summed E-state index contributed by atoms with van der Waals surface area (Å²) in [6, 6.07) is 6.71. The van der Waals surface area contributed by atoms with Crippen molar-refractivity contribution in [2.75, 3.05) is 0 Å². The van der Waals surface area contributed by atoms with Crippen LogP contribution in [0.3, 0.4) is 0 Å². The summed E-state index contributed by atoms with van der Waals surface area (Å²) in [4.78, 5) is 36.2. The van der Waals surface area contributed by atoms with E-state index in [1.165, 1.54) is 0 Å². The highest BCUT2D eigenvalue weighted by Gasteiger charge is 2.28. The van der Waals surface area contributed by atoms with Crippen LogP contribution in [0.5, 0.6) is 0 Å². The van der Waals surface area contributed by atoms with E-state index in [-0.39, 0.29) is 11.5 Å². The molecule has 2 aromatic rings. The number of nitrogens with one attached hydrogen (secondary N) is 2. The topological polar surface area (TPSA) is 88.4 Å². The number of aryl methyl sites for hydroxylation is 1. The van der Waals surface area contributed by atoms with Gasteiger partial charge < -0.3 is 4.42 Å². The largest absolute Gasteiger partial charge is 0.455 e. The summed E-state index contributed by atoms with van der Waals surface area (Å²) >= 11 is 3.29. The highest BCUT2D eigenvalue weighted by Crippen LogP contribution is 2.29. The van der Waals surface area contributed by atoms with Crippen molar-refractivity contribution in [2.24, 2.45) is 0 Å². The van der Waals surface area contributed by atoms with Crippen molar-refractivity contribution >= 4 is 33.5 Å². The molecule has 24 heavy (non-hydrogen) atoms. The average Bonchev–Trinajstić information content (AvgIpc) is 2.91. The SMILES string of the molecule is Cc1c(C(=O)NNC(=O)c2ccc(Br)cc2)oc2c1C(=O)CCC2. The van der Waals surface area contributed by atoms with Gasteiger partial charge in [-0.1, -0.05) is 15.9 Å². The fourth-order valence-electron chi connectivity index (χ4n) is 2.71. The fraction of sp³-hybridized carbons (Fsp3) is 0.235. The number of halogens is 1. The minimum atomic E-state index is -0.583. The first kappa shape index (κ1) is 16.4. The zero-order valence-electron chi connectivity index (χ0n) is 12.9. The van der Waals surface area contributed by atoms with Crippen LogP contribution in [-0.2, 0) is 6.42 Å². The van der Waals surface area contributed by atoms with Crippen LogP contribution < -0.4 is 10.9 Å². The van der Waals surface area contributed by atoms with E-state index in [0.29, 0.717) is 35.3 Å². The van der Waals surface area contributed by atoms with E-state index < -0.39 is 11.8 Å². The van der Waals surface area contributed by atoms with Crippen molar-refractivity contribution in [2.45, 2.75) is 26.2 Å². The molecular formula is C17H15BrN2O4. The molecule has 0 fully saturated rings. The summed E-state index contributed by atoms with van der Waals surface area (Å²) in [6.07, 6.45) is 1.83. The first-order chi connectivity index (χ1) is 11.5. The van der Waals surface area contributed by atoms with Crippen LogP contribution in [0, 0.1) is 6.92 Å². The highest BCUT2D eigenvalue weighted by molar-refractivity contribution is 9.10. The Morgan fingerprint density at radius 3 is 2.42 bits per heavy atom. The van der Waals surface area contributed by atoms with Gasteiger partial charge in [0.05, 0.1) is 5.56 Å². The summed E-state index contributed by atoms with van der Waals surface area (Å²) in [6.45, 7) is 1.68. The maximum absolute atomic E-state index is 12.2. The van der Waals surface area contributed by atoms with E-state index >= 15 is 0 Å². The van der Waals surface area contributed by atoms with E-state index in [4.69, 9.17) is 4.42 Å². The highest BCUT2D eigenvalue weighted by atomic mass is 79.9. The van der Waals surface area contributed by atoms with Crippen molar-refractivity contribution in [3.05, 3.63) is 56.9 Å². The van der Waals surface area contributed by atoms with E-state index in [1.54, 1.807) is 31.2 Å². The predicted molar refractivity (Wildman–Crippen MR) is 89.8 cm³/mol. The second-order valence-corrected chi connectivity index (χ2v) is 6.46. The molecule has 3 rings (SSSR count). The third-order valence-electron chi connectivity index (χ3n) is 3.91. The van der Waals surface area contributed by atoms with Gasteiger partial charge in [-0.3, -0.25) is 25.2 Å². The van der Waals surface area contributed by atoms with Gasteiger partial charge in [-0.2, -0.15) is 0 Å². The van der Waals surface area contributed by atoms with Crippen LogP contribution in [0.2, 0.25) is 0 Å². The Labute approximate surface area is 146 Å². The molecule has 0 bridgehead atoms. The number of furan rings is 1. The molecule has 1 aliphatic carbocycles. The predicted octanol–water partition coefficient (Wildman–Crippen LogP) is 2.94. The number of hydrazine groups is 1. The van der Waals surface area contributed by atoms with E-state index in [0.717, 1.165) is 10.9 Å². The minimum absolute atomic E-state index is 0.00421. The summed E-state index contributed by atoms with van der Waals surface area (Å²) in [5.74, 6) is -0.420. The third-order valence-corrected chi connectivity index (χ3v) is 4.44. The zero-order chi connectivity index (χ0) is 17.3. The molecule has 1 aromatic heterocycles. The molecule has 1 aromatic carbocycles. The average molecular weight is 391 g/mol. The van der Waals surface area contributed by atoms with Crippen LogP contribution in [0.4, 0.5) is 0 Å². The van der Waals surface area contributed by atoms with Gasteiger partial charge in [-0.05, 0) is 37.6 Å². The third kappa shape index (κ3) is 3.12. The molecule has 0 saturated carbocycles. The van der Waals surface area contributed by atoms with Crippen LogP contribution in [0.25, 0.3) is 0 Å². The number of carbonyl (C=O) groups excluding carboxylic acids is 3. The molecule has 2 N–H and O–H groups in total. The number of rotatable bonds is 2. The Morgan fingerprint density at radius 1 is 1.08 bits per heavy atom. The van der Waals surface area contributed by atoms with Crippen molar-refractivity contribution < 1.29 is 18.8 Å². The summed E-state index contributed by atoms with van der Waals surface area (Å²) in [7, 11) is 0. The number of hydrogen-bond acceptors (Lipinski definition) is 4. The van der Waals surface area contributed by atoms with Crippen LogP contribution >= 0.6 is 15.9 Å². The maximum atomic E-state index is 12.2. The Bertz CT molecular complexity index is 824. The molecule has 7 heteroatoms. The van der Waals surface area contributed by atoms with Gasteiger partial charge in [0.25, 0.3) is 5.91 Å². The van der Waals surface area contributed by atoms with Gasteiger partial charge in [0.15, 0.2) is 11.5 Å². The number of hydrogen-bond donors (Lipinski definition) is 2. The lowest BCUT2D eigenvalue weighted by atomic mass is 9.94. The number of Topliss-reactive ketones (excluding diaryl/α,β-unsaturated/α-hetero) is 1. The normalized spacial score (nSPS) is 13.3. The smallest absolute Gasteiger partial charge is 0.305 e. The maximum Gasteiger partial charge on any atom is 0.305 e. The molecule has 0 atom stereocenters. The first-order valence-electron chi connectivity index (χ1n) is 7.49. The van der Waals surface area contributed by atoms with Gasteiger partial charge in [0.2, 0.25) is 0 Å². The van der Waals surface area contributed by atoms with E-state index in [1.807, 2.05) is 0 Å². The van der Waals surface area contributed by atoms with Crippen LogP contribution in [0.15, 0.2) is 33.2 Å². The zero-order valence-corrected chi connectivity index (χ0v) is 14.5. The molecule has 1 heterocycles. The number of amides is 2. The van der Waals surface area contributed by atoms with Gasteiger partial charge >= 0.3 is 5.91 Å². The van der Waals surface area contributed by atoms with Crippen molar-refractivity contribution in [1.29, 1.82) is 0 Å². The lowest BCUT2D eigenvalue weighted by Crippen LogP contribution is -2.41. The monoisotopic (exact) mass is 390 g/mol. The lowest BCUT2D eigenvalue weighted by molar-refractivity contribution is 0.0829. The quantitative estimate of drug-likeness (QED) is 0.771.